The fourth-order valence-corrected chi connectivity index (χ4v) is 3.82. The molecule has 0 aliphatic heterocycles. The molecule has 1 aliphatic carbocycles. The number of ether oxygens (including phenoxy) is 1. The fourth-order valence-electron chi connectivity index (χ4n) is 3.82. The number of aryl methyl sites for hydroxylation is 1. The van der Waals surface area contributed by atoms with Crippen molar-refractivity contribution in [2.24, 2.45) is 0 Å². The van der Waals surface area contributed by atoms with Gasteiger partial charge >= 0.3 is 6.09 Å². The van der Waals surface area contributed by atoms with Gasteiger partial charge < -0.3 is 15.2 Å². The Bertz CT molecular complexity index is 953. The van der Waals surface area contributed by atoms with Gasteiger partial charge in [0.1, 0.15) is 6.61 Å². The van der Waals surface area contributed by atoms with Crippen molar-refractivity contribution in [2.75, 3.05) is 13.2 Å². The van der Waals surface area contributed by atoms with E-state index in [1.54, 1.807) is 0 Å². The molecule has 0 saturated carbocycles. The molecule has 4 heteroatoms. The largest absolute Gasteiger partial charge is 0.449 e. The summed E-state index contributed by atoms with van der Waals surface area (Å²) in [6, 6.07) is 24.1. The van der Waals surface area contributed by atoms with Gasteiger partial charge in [0.25, 0.3) is 0 Å². The number of nitrogens with one attached hydrogen (secondary N) is 1. The number of benzene rings is 3. The number of amides is 1. The first kappa shape index (κ1) is 18.3. The summed E-state index contributed by atoms with van der Waals surface area (Å²) < 4.78 is 5.49. The fraction of sp³-hybridized carbons (Fsp3) is 0.208. The molecule has 0 bridgehead atoms. The quantitative estimate of drug-likeness (QED) is 0.689. The molecule has 1 aliphatic rings. The standard InChI is InChI=1S/C24H23NO3/c1-16-7-6-8-17(13-16)23(26)14-25-24(27)28-15-22-20-11-4-2-9-18(20)19-10-3-5-12-21(19)22/h2-13,22-23,26H,14-15H2,1H3,(H,25,27). The van der Waals surface area contributed by atoms with Crippen LogP contribution in [0.5, 0.6) is 0 Å². The summed E-state index contributed by atoms with van der Waals surface area (Å²) in [4.78, 5) is 12.2. The van der Waals surface area contributed by atoms with Gasteiger partial charge in [-0.2, -0.15) is 0 Å². The highest BCUT2D eigenvalue weighted by molar-refractivity contribution is 5.79. The van der Waals surface area contributed by atoms with Gasteiger partial charge in [-0.25, -0.2) is 4.79 Å². The van der Waals surface area contributed by atoms with Gasteiger partial charge in [-0.3, -0.25) is 0 Å². The Balaban J connectivity index is 1.37. The van der Waals surface area contributed by atoms with Crippen LogP contribution in [0.1, 0.15) is 34.3 Å². The molecular formula is C24H23NO3. The zero-order valence-corrected chi connectivity index (χ0v) is 15.8. The lowest BCUT2D eigenvalue weighted by molar-refractivity contribution is 0.128. The van der Waals surface area contributed by atoms with Crippen LogP contribution in [0.4, 0.5) is 4.79 Å². The number of aliphatic hydroxyl groups excluding tert-OH is 1. The number of hydrogen-bond donors (Lipinski definition) is 2. The van der Waals surface area contributed by atoms with Crippen LogP contribution >= 0.6 is 0 Å². The van der Waals surface area contributed by atoms with E-state index in [0.717, 1.165) is 11.1 Å². The van der Waals surface area contributed by atoms with Crippen molar-refractivity contribution >= 4 is 6.09 Å². The smallest absolute Gasteiger partial charge is 0.407 e. The van der Waals surface area contributed by atoms with Crippen molar-refractivity contribution in [3.05, 3.63) is 95.1 Å². The minimum Gasteiger partial charge on any atom is -0.449 e. The number of fused-ring (bicyclic) bond motifs is 3. The molecule has 0 fully saturated rings. The van der Waals surface area contributed by atoms with E-state index in [0.29, 0.717) is 0 Å². The zero-order chi connectivity index (χ0) is 19.5. The molecule has 4 nitrogen and oxygen atoms in total. The molecule has 0 saturated heterocycles. The normalized spacial score (nSPS) is 13.5. The summed E-state index contributed by atoms with van der Waals surface area (Å²) in [5.74, 6) is 0.0276. The summed E-state index contributed by atoms with van der Waals surface area (Å²) in [6.07, 6.45) is -1.28. The lowest BCUT2D eigenvalue weighted by Gasteiger charge is -2.16. The van der Waals surface area contributed by atoms with E-state index in [2.05, 4.69) is 29.6 Å². The first-order valence-corrected chi connectivity index (χ1v) is 9.47. The van der Waals surface area contributed by atoms with Crippen LogP contribution in [0.3, 0.4) is 0 Å². The summed E-state index contributed by atoms with van der Waals surface area (Å²) in [6.45, 7) is 2.34. The van der Waals surface area contributed by atoms with Gasteiger partial charge in [0, 0.05) is 5.92 Å². The van der Waals surface area contributed by atoms with Crippen molar-refractivity contribution in [2.45, 2.75) is 18.9 Å². The number of rotatable bonds is 5. The van der Waals surface area contributed by atoms with Crippen LogP contribution in [-0.4, -0.2) is 24.4 Å². The third-order valence-electron chi connectivity index (χ3n) is 5.21. The minimum absolute atomic E-state index is 0.0276. The summed E-state index contributed by atoms with van der Waals surface area (Å²) >= 11 is 0. The van der Waals surface area contributed by atoms with Crippen LogP contribution in [0.2, 0.25) is 0 Å². The van der Waals surface area contributed by atoms with Gasteiger partial charge in [0.2, 0.25) is 0 Å². The molecule has 0 radical (unpaired) electrons. The number of alkyl carbamates (subject to hydrolysis) is 1. The van der Waals surface area contributed by atoms with E-state index < -0.39 is 12.2 Å². The van der Waals surface area contributed by atoms with E-state index in [-0.39, 0.29) is 19.1 Å². The molecule has 0 spiro atoms. The van der Waals surface area contributed by atoms with E-state index in [1.807, 2.05) is 55.5 Å². The third-order valence-corrected chi connectivity index (χ3v) is 5.21. The second-order valence-electron chi connectivity index (χ2n) is 7.14. The van der Waals surface area contributed by atoms with E-state index >= 15 is 0 Å². The van der Waals surface area contributed by atoms with E-state index in [9.17, 15) is 9.90 Å². The first-order chi connectivity index (χ1) is 13.6. The molecule has 2 N–H and O–H groups in total. The van der Waals surface area contributed by atoms with Crippen molar-refractivity contribution in [1.29, 1.82) is 0 Å². The minimum atomic E-state index is -0.764. The molecule has 0 heterocycles. The topological polar surface area (TPSA) is 58.6 Å². The number of aliphatic hydroxyl groups is 1. The Morgan fingerprint density at radius 1 is 1.00 bits per heavy atom. The predicted molar refractivity (Wildman–Crippen MR) is 109 cm³/mol. The second kappa shape index (κ2) is 7.87. The molecule has 3 aromatic carbocycles. The summed E-state index contributed by atoms with van der Waals surface area (Å²) in [5, 5.41) is 12.9. The number of carbonyl (C=O) groups excluding carboxylic acids is 1. The van der Waals surface area contributed by atoms with Crippen LogP contribution in [-0.2, 0) is 4.74 Å². The monoisotopic (exact) mass is 373 g/mol. The van der Waals surface area contributed by atoms with Gasteiger partial charge in [0.15, 0.2) is 0 Å². The Morgan fingerprint density at radius 2 is 1.64 bits per heavy atom. The molecular weight excluding hydrogens is 350 g/mol. The van der Waals surface area contributed by atoms with Crippen LogP contribution in [0.15, 0.2) is 72.8 Å². The average Bonchev–Trinajstić information content (AvgIpc) is 3.04. The molecule has 1 amide bonds. The molecule has 28 heavy (non-hydrogen) atoms. The van der Waals surface area contributed by atoms with Crippen LogP contribution in [0.25, 0.3) is 11.1 Å². The maximum Gasteiger partial charge on any atom is 0.407 e. The molecule has 3 aromatic rings. The van der Waals surface area contributed by atoms with Gasteiger partial charge in [0.05, 0.1) is 12.6 Å². The number of carbonyl (C=O) groups is 1. The molecule has 0 aromatic heterocycles. The Labute approximate surface area is 164 Å². The van der Waals surface area contributed by atoms with Crippen molar-refractivity contribution < 1.29 is 14.6 Å². The average molecular weight is 373 g/mol. The highest BCUT2D eigenvalue weighted by atomic mass is 16.5. The maximum absolute atomic E-state index is 12.2. The summed E-state index contributed by atoms with van der Waals surface area (Å²) in [5.41, 5.74) is 6.59. The van der Waals surface area contributed by atoms with Gasteiger partial charge in [-0.05, 0) is 34.7 Å². The lowest BCUT2D eigenvalue weighted by atomic mass is 9.98. The van der Waals surface area contributed by atoms with Crippen LogP contribution in [0, 0.1) is 6.92 Å². The molecule has 4 rings (SSSR count). The van der Waals surface area contributed by atoms with Crippen molar-refractivity contribution in [3.8, 4) is 11.1 Å². The van der Waals surface area contributed by atoms with E-state index in [4.69, 9.17) is 4.74 Å². The second-order valence-corrected chi connectivity index (χ2v) is 7.14. The van der Waals surface area contributed by atoms with E-state index in [1.165, 1.54) is 22.3 Å². The molecule has 1 atom stereocenters. The maximum atomic E-state index is 12.2. The third kappa shape index (κ3) is 3.64. The summed E-state index contributed by atoms with van der Waals surface area (Å²) in [7, 11) is 0. The first-order valence-electron chi connectivity index (χ1n) is 9.47. The number of hydrogen-bond acceptors (Lipinski definition) is 3. The Morgan fingerprint density at radius 3 is 2.29 bits per heavy atom. The van der Waals surface area contributed by atoms with Gasteiger partial charge in [-0.1, -0.05) is 78.4 Å². The Kier molecular flexibility index (Phi) is 5.13. The van der Waals surface area contributed by atoms with Gasteiger partial charge in [-0.15, -0.1) is 0 Å². The molecule has 142 valence electrons. The van der Waals surface area contributed by atoms with Crippen molar-refractivity contribution in [3.63, 3.8) is 0 Å². The Hall–Kier alpha value is -3.11. The zero-order valence-electron chi connectivity index (χ0n) is 15.8. The highest BCUT2D eigenvalue weighted by Crippen LogP contribution is 2.44. The lowest BCUT2D eigenvalue weighted by Crippen LogP contribution is -2.30. The predicted octanol–water partition coefficient (Wildman–Crippen LogP) is 4.57. The SMILES string of the molecule is Cc1cccc(C(O)CNC(=O)OCC2c3ccccc3-c3ccccc32)c1. The molecule has 1 unspecified atom stereocenters. The highest BCUT2D eigenvalue weighted by Gasteiger charge is 2.29. The van der Waals surface area contributed by atoms with Crippen LogP contribution < -0.4 is 5.32 Å². The van der Waals surface area contributed by atoms with Crippen molar-refractivity contribution in [1.82, 2.24) is 5.32 Å².